The van der Waals surface area contributed by atoms with Crippen LogP contribution < -0.4 is 0 Å². The minimum Gasteiger partial charge on any atom is -0.249 e. The van der Waals surface area contributed by atoms with Crippen molar-refractivity contribution in [2.24, 2.45) is 0 Å². The average Bonchev–Trinajstić information content (AvgIpc) is 2.18. The molecule has 0 aliphatic heterocycles. The molecule has 0 unspecified atom stereocenters. The maximum atomic E-state index is 12.9. The third kappa shape index (κ3) is 1.82. The summed E-state index contributed by atoms with van der Waals surface area (Å²) >= 11 is 3.32. The summed E-state index contributed by atoms with van der Waals surface area (Å²) in [4.78, 5) is 4.08. The first kappa shape index (κ1) is 9.34. The topological polar surface area (TPSA) is 12.9 Å². The van der Waals surface area contributed by atoms with Crippen LogP contribution in [0.15, 0.2) is 47.2 Å². The highest BCUT2D eigenvalue weighted by atomic mass is 79.9. The van der Waals surface area contributed by atoms with E-state index < -0.39 is 0 Å². The number of rotatable bonds is 1. The Bertz CT molecular complexity index is 457. The maximum absolute atomic E-state index is 12.9. The number of benzene rings is 1. The maximum Gasteiger partial charge on any atom is 0.123 e. The largest absolute Gasteiger partial charge is 0.249 e. The van der Waals surface area contributed by atoms with Crippen LogP contribution >= 0.6 is 15.9 Å². The summed E-state index contributed by atoms with van der Waals surface area (Å²) in [5.41, 5.74) is 1.72. The van der Waals surface area contributed by atoms with E-state index in [-0.39, 0.29) is 5.82 Å². The SMILES string of the molecule is Fc1cccc(-c2cccnc2Br)c1. The van der Waals surface area contributed by atoms with Gasteiger partial charge in [-0.3, -0.25) is 0 Å². The monoisotopic (exact) mass is 251 g/mol. The quantitative estimate of drug-likeness (QED) is 0.706. The number of hydrogen-bond acceptors (Lipinski definition) is 1. The molecule has 2 aromatic rings. The van der Waals surface area contributed by atoms with Gasteiger partial charge in [-0.05, 0) is 39.7 Å². The summed E-state index contributed by atoms with van der Waals surface area (Å²) < 4.78 is 13.7. The molecule has 2 rings (SSSR count). The minimum absolute atomic E-state index is 0.238. The van der Waals surface area contributed by atoms with Crippen molar-refractivity contribution in [3.05, 3.63) is 53.0 Å². The van der Waals surface area contributed by atoms with Crippen molar-refractivity contribution in [3.63, 3.8) is 0 Å². The van der Waals surface area contributed by atoms with Crippen LogP contribution in [0.5, 0.6) is 0 Å². The van der Waals surface area contributed by atoms with Crippen molar-refractivity contribution in [2.45, 2.75) is 0 Å². The lowest BCUT2D eigenvalue weighted by Gasteiger charge is -2.02. The van der Waals surface area contributed by atoms with Crippen LogP contribution in [0, 0.1) is 5.82 Å². The second-order valence-corrected chi connectivity index (χ2v) is 3.60. The highest BCUT2D eigenvalue weighted by Crippen LogP contribution is 2.26. The number of hydrogen-bond donors (Lipinski definition) is 0. The lowest BCUT2D eigenvalue weighted by atomic mass is 10.1. The second-order valence-electron chi connectivity index (χ2n) is 2.85. The van der Waals surface area contributed by atoms with E-state index in [0.29, 0.717) is 0 Å². The molecule has 0 N–H and O–H groups in total. The van der Waals surface area contributed by atoms with Gasteiger partial charge in [-0.25, -0.2) is 9.37 Å². The highest BCUT2D eigenvalue weighted by Gasteiger charge is 2.03. The Morgan fingerprint density at radius 3 is 2.71 bits per heavy atom. The van der Waals surface area contributed by atoms with E-state index in [9.17, 15) is 4.39 Å². The van der Waals surface area contributed by atoms with Gasteiger partial charge in [0.15, 0.2) is 0 Å². The molecule has 0 saturated carbocycles. The van der Waals surface area contributed by atoms with E-state index in [0.717, 1.165) is 15.7 Å². The molecule has 1 aromatic carbocycles. The third-order valence-electron chi connectivity index (χ3n) is 1.89. The standard InChI is InChI=1S/C11H7BrFN/c12-11-10(5-2-6-14-11)8-3-1-4-9(13)7-8/h1-7H. The molecule has 70 valence electrons. The smallest absolute Gasteiger partial charge is 0.123 e. The zero-order valence-corrected chi connectivity index (χ0v) is 8.83. The van der Waals surface area contributed by atoms with Crippen LogP contribution in [0.3, 0.4) is 0 Å². The lowest BCUT2D eigenvalue weighted by Crippen LogP contribution is -1.83. The van der Waals surface area contributed by atoms with Crippen molar-refractivity contribution in [3.8, 4) is 11.1 Å². The fourth-order valence-corrected chi connectivity index (χ4v) is 1.74. The highest BCUT2D eigenvalue weighted by molar-refractivity contribution is 9.10. The number of pyridine rings is 1. The van der Waals surface area contributed by atoms with Gasteiger partial charge in [0.2, 0.25) is 0 Å². The molecule has 0 atom stereocenters. The van der Waals surface area contributed by atoms with Gasteiger partial charge in [-0.1, -0.05) is 18.2 Å². The Hall–Kier alpha value is -1.22. The molecule has 0 fully saturated rings. The first-order valence-electron chi connectivity index (χ1n) is 4.14. The Labute approximate surface area is 89.7 Å². The van der Waals surface area contributed by atoms with E-state index in [1.807, 2.05) is 18.2 Å². The molecule has 0 radical (unpaired) electrons. The van der Waals surface area contributed by atoms with Crippen molar-refractivity contribution in [2.75, 3.05) is 0 Å². The van der Waals surface area contributed by atoms with Crippen LogP contribution in [0.25, 0.3) is 11.1 Å². The molecule has 0 spiro atoms. The van der Waals surface area contributed by atoms with E-state index >= 15 is 0 Å². The van der Waals surface area contributed by atoms with E-state index in [4.69, 9.17) is 0 Å². The fourth-order valence-electron chi connectivity index (χ4n) is 1.26. The summed E-state index contributed by atoms with van der Waals surface area (Å²) in [5, 5.41) is 0. The third-order valence-corrected chi connectivity index (χ3v) is 2.53. The van der Waals surface area contributed by atoms with Gasteiger partial charge in [-0.2, -0.15) is 0 Å². The molecule has 1 heterocycles. The first-order valence-corrected chi connectivity index (χ1v) is 4.93. The first-order chi connectivity index (χ1) is 6.77. The summed E-state index contributed by atoms with van der Waals surface area (Å²) in [6.45, 7) is 0. The van der Waals surface area contributed by atoms with E-state index in [1.165, 1.54) is 12.1 Å². The van der Waals surface area contributed by atoms with Gasteiger partial charge in [0.25, 0.3) is 0 Å². The predicted molar refractivity (Wildman–Crippen MR) is 57.3 cm³/mol. The van der Waals surface area contributed by atoms with Gasteiger partial charge in [-0.15, -0.1) is 0 Å². The number of halogens is 2. The molecule has 0 aliphatic rings. The molecule has 3 heteroatoms. The lowest BCUT2D eigenvalue weighted by molar-refractivity contribution is 0.628. The molecule has 0 saturated heterocycles. The Morgan fingerprint density at radius 2 is 2.00 bits per heavy atom. The summed E-state index contributed by atoms with van der Waals surface area (Å²) in [6.07, 6.45) is 1.69. The summed E-state index contributed by atoms with van der Waals surface area (Å²) in [7, 11) is 0. The van der Waals surface area contributed by atoms with Crippen LogP contribution in [-0.4, -0.2) is 4.98 Å². The Kier molecular flexibility index (Phi) is 2.59. The van der Waals surface area contributed by atoms with Gasteiger partial charge >= 0.3 is 0 Å². The van der Waals surface area contributed by atoms with Gasteiger partial charge in [0.05, 0.1) is 0 Å². The molecule has 1 nitrogen and oxygen atoms in total. The van der Waals surface area contributed by atoms with Crippen LogP contribution in [0.1, 0.15) is 0 Å². The molecule has 14 heavy (non-hydrogen) atoms. The molecule has 0 bridgehead atoms. The van der Waals surface area contributed by atoms with Crippen molar-refractivity contribution >= 4 is 15.9 Å². The van der Waals surface area contributed by atoms with Crippen LogP contribution in [-0.2, 0) is 0 Å². The van der Waals surface area contributed by atoms with Gasteiger partial charge < -0.3 is 0 Å². The Balaban J connectivity index is 2.55. The Morgan fingerprint density at radius 1 is 1.14 bits per heavy atom. The fraction of sp³-hybridized carbons (Fsp3) is 0. The number of nitrogens with zero attached hydrogens (tertiary/aromatic N) is 1. The molecule has 0 aliphatic carbocycles. The van der Waals surface area contributed by atoms with Crippen molar-refractivity contribution < 1.29 is 4.39 Å². The summed E-state index contributed by atoms with van der Waals surface area (Å²) in [5.74, 6) is -0.238. The van der Waals surface area contributed by atoms with Crippen LogP contribution in [0.2, 0.25) is 0 Å². The molecule has 1 aromatic heterocycles. The molecular formula is C11H7BrFN. The number of aromatic nitrogens is 1. The average molecular weight is 252 g/mol. The van der Waals surface area contributed by atoms with E-state index in [2.05, 4.69) is 20.9 Å². The normalized spacial score (nSPS) is 10.1. The van der Waals surface area contributed by atoms with Crippen molar-refractivity contribution in [1.29, 1.82) is 0 Å². The van der Waals surface area contributed by atoms with Gasteiger partial charge in [0, 0.05) is 11.8 Å². The van der Waals surface area contributed by atoms with E-state index in [1.54, 1.807) is 12.3 Å². The zero-order valence-electron chi connectivity index (χ0n) is 7.24. The second kappa shape index (κ2) is 3.88. The molecule has 0 amide bonds. The van der Waals surface area contributed by atoms with Crippen molar-refractivity contribution in [1.82, 2.24) is 4.98 Å². The zero-order chi connectivity index (χ0) is 9.97. The minimum atomic E-state index is -0.238. The summed E-state index contributed by atoms with van der Waals surface area (Å²) in [6, 6.07) is 10.2. The predicted octanol–water partition coefficient (Wildman–Crippen LogP) is 3.65. The van der Waals surface area contributed by atoms with Crippen LogP contribution in [0.4, 0.5) is 4.39 Å². The van der Waals surface area contributed by atoms with Gasteiger partial charge in [0.1, 0.15) is 10.4 Å². The molecular weight excluding hydrogens is 245 g/mol.